The van der Waals surface area contributed by atoms with Crippen molar-refractivity contribution >= 4 is 17.4 Å². The maximum atomic E-state index is 12.6. The van der Waals surface area contributed by atoms with Crippen molar-refractivity contribution in [3.05, 3.63) is 35.9 Å². The number of carbonyl (C=O) groups excluding carboxylic acids is 2. The number of amides is 1. The predicted octanol–water partition coefficient (Wildman–Crippen LogP) is 2.73. The number of hydrogen-bond donors (Lipinski definition) is 1. The SMILES string of the molecule is CC12CCC(/C(=N\NC(=O)Cc3ccccc3)C1=O)C2(C)C. The number of hydrazone groups is 1. The Labute approximate surface area is 131 Å². The van der Waals surface area contributed by atoms with Crippen molar-refractivity contribution in [2.24, 2.45) is 21.8 Å². The molecule has 2 unspecified atom stereocenters. The Morgan fingerprint density at radius 2 is 1.95 bits per heavy atom. The van der Waals surface area contributed by atoms with Crippen LogP contribution in [0.2, 0.25) is 0 Å². The van der Waals surface area contributed by atoms with Crippen molar-refractivity contribution in [2.45, 2.75) is 40.0 Å². The average Bonchev–Trinajstić information content (AvgIpc) is 2.79. The third kappa shape index (κ3) is 2.09. The van der Waals surface area contributed by atoms with Crippen LogP contribution in [0.25, 0.3) is 0 Å². The lowest BCUT2D eigenvalue weighted by molar-refractivity contribution is -0.123. The quantitative estimate of drug-likeness (QED) is 0.872. The summed E-state index contributed by atoms with van der Waals surface area (Å²) in [6.45, 7) is 6.30. The molecule has 2 saturated carbocycles. The summed E-state index contributed by atoms with van der Waals surface area (Å²) >= 11 is 0. The zero-order valence-corrected chi connectivity index (χ0v) is 13.3. The summed E-state index contributed by atoms with van der Waals surface area (Å²) in [7, 11) is 0. The van der Waals surface area contributed by atoms with Gasteiger partial charge < -0.3 is 0 Å². The lowest BCUT2D eigenvalue weighted by atomic mass is 9.70. The van der Waals surface area contributed by atoms with Gasteiger partial charge in [0.05, 0.1) is 6.42 Å². The summed E-state index contributed by atoms with van der Waals surface area (Å²) in [5, 5.41) is 4.19. The summed E-state index contributed by atoms with van der Waals surface area (Å²) in [6.07, 6.45) is 2.17. The molecule has 2 aliphatic carbocycles. The van der Waals surface area contributed by atoms with Gasteiger partial charge in [-0.25, -0.2) is 5.43 Å². The van der Waals surface area contributed by atoms with E-state index in [1.54, 1.807) is 0 Å². The van der Waals surface area contributed by atoms with Gasteiger partial charge in [-0.05, 0) is 23.8 Å². The number of rotatable bonds is 3. The highest BCUT2D eigenvalue weighted by molar-refractivity contribution is 6.45. The minimum absolute atomic E-state index is 0.0763. The fourth-order valence-corrected chi connectivity index (χ4v) is 3.90. The van der Waals surface area contributed by atoms with E-state index < -0.39 is 0 Å². The molecule has 2 bridgehead atoms. The lowest BCUT2D eigenvalue weighted by Crippen LogP contribution is -2.34. The van der Waals surface area contributed by atoms with Gasteiger partial charge in [-0.1, -0.05) is 51.1 Å². The van der Waals surface area contributed by atoms with E-state index in [-0.39, 0.29) is 34.9 Å². The van der Waals surface area contributed by atoms with Gasteiger partial charge >= 0.3 is 0 Å². The van der Waals surface area contributed by atoms with E-state index in [1.807, 2.05) is 37.3 Å². The van der Waals surface area contributed by atoms with Gasteiger partial charge in [0, 0.05) is 11.3 Å². The van der Waals surface area contributed by atoms with E-state index in [1.165, 1.54) is 0 Å². The highest BCUT2D eigenvalue weighted by Gasteiger charge is 2.65. The Hall–Kier alpha value is -1.97. The summed E-state index contributed by atoms with van der Waals surface area (Å²) in [4.78, 5) is 24.6. The zero-order chi connectivity index (χ0) is 16.0. The van der Waals surface area contributed by atoms with E-state index in [0.717, 1.165) is 18.4 Å². The maximum absolute atomic E-state index is 12.6. The topological polar surface area (TPSA) is 58.5 Å². The molecule has 22 heavy (non-hydrogen) atoms. The van der Waals surface area contributed by atoms with Crippen molar-refractivity contribution in [3.63, 3.8) is 0 Å². The highest BCUT2D eigenvalue weighted by Crippen LogP contribution is 2.62. The summed E-state index contributed by atoms with van der Waals surface area (Å²) in [6, 6.07) is 9.52. The van der Waals surface area contributed by atoms with Crippen molar-refractivity contribution in [1.82, 2.24) is 5.43 Å². The molecule has 3 rings (SSSR count). The number of hydrogen-bond acceptors (Lipinski definition) is 3. The van der Waals surface area contributed by atoms with Crippen LogP contribution in [0.1, 0.15) is 39.2 Å². The Kier molecular flexibility index (Phi) is 3.42. The first-order valence-corrected chi connectivity index (χ1v) is 7.81. The summed E-state index contributed by atoms with van der Waals surface area (Å²) < 4.78 is 0. The van der Waals surface area contributed by atoms with E-state index in [0.29, 0.717) is 5.71 Å². The highest BCUT2D eigenvalue weighted by atomic mass is 16.2. The Balaban J connectivity index is 1.72. The maximum Gasteiger partial charge on any atom is 0.244 e. The first kappa shape index (κ1) is 14.9. The van der Waals surface area contributed by atoms with Crippen molar-refractivity contribution in [3.8, 4) is 0 Å². The monoisotopic (exact) mass is 298 g/mol. The Morgan fingerprint density at radius 1 is 1.27 bits per heavy atom. The first-order chi connectivity index (χ1) is 10.4. The van der Waals surface area contributed by atoms with Crippen LogP contribution >= 0.6 is 0 Å². The molecule has 0 aliphatic heterocycles. The molecular weight excluding hydrogens is 276 g/mol. The molecule has 4 heteroatoms. The predicted molar refractivity (Wildman–Crippen MR) is 85.3 cm³/mol. The second kappa shape index (κ2) is 5.04. The van der Waals surface area contributed by atoms with Crippen molar-refractivity contribution < 1.29 is 9.59 Å². The van der Waals surface area contributed by atoms with Gasteiger partial charge in [0.15, 0.2) is 5.78 Å². The standard InChI is InChI=1S/C18H22N2O2/c1-17(2)13-9-10-18(17,3)16(22)15(13)20-19-14(21)11-12-7-5-4-6-8-12/h4-8,13H,9-11H2,1-3H3,(H,19,21)/b20-15+. The van der Waals surface area contributed by atoms with E-state index in [2.05, 4.69) is 24.4 Å². The van der Waals surface area contributed by atoms with Gasteiger partial charge in [-0.15, -0.1) is 0 Å². The minimum Gasteiger partial charge on any atom is -0.292 e. The number of nitrogens with one attached hydrogen (secondary N) is 1. The number of ketones is 1. The fraction of sp³-hybridized carbons (Fsp3) is 0.500. The number of nitrogens with zero attached hydrogens (tertiary/aromatic N) is 1. The molecule has 0 spiro atoms. The molecule has 0 saturated heterocycles. The van der Waals surface area contributed by atoms with Crippen molar-refractivity contribution in [2.75, 3.05) is 0 Å². The third-order valence-corrected chi connectivity index (χ3v) is 5.80. The second-order valence-corrected chi connectivity index (χ2v) is 7.17. The van der Waals surface area contributed by atoms with Crippen LogP contribution in [-0.4, -0.2) is 17.4 Å². The van der Waals surface area contributed by atoms with Gasteiger partial charge in [0.1, 0.15) is 5.71 Å². The van der Waals surface area contributed by atoms with Crippen LogP contribution < -0.4 is 5.43 Å². The molecule has 2 atom stereocenters. The molecule has 1 aromatic carbocycles. The molecule has 1 amide bonds. The normalized spacial score (nSPS) is 30.8. The number of benzene rings is 1. The smallest absolute Gasteiger partial charge is 0.244 e. The van der Waals surface area contributed by atoms with Gasteiger partial charge in [0.2, 0.25) is 5.91 Å². The molecule has 2 aliphatic rings. The molecule has 0 aromatic heterocycles. The molecular formula is C18H22N2O2. The van der Waals surface area contributed by atoms with Crippen LogP contribution in [0.3, 0.4) is 0 Å². The summed E-state index contributed by atoms with van der Waals surface area (Å²) in [5.74, 6) is 0.0769. The molecule has 4 nitrogen and oxygen atoms in total. The third-order valence-electron chi connectivity index (χ3n) is 5.80. The summed E-state index contributed by atoms with van der Waals surface area (Å²) in [5.41, 5.74) is 3.66. The largest absolute Gasteiger partial charge is 0.292 e. The first-order valence-electron chi connectivity index (χ1n) is 7.81. The van der Waals surface area contributed by atoms with Crippen LogP contribution in [0, 0.1) is 16.7 Å². The van der Waals surface area contributed by atoms with E-state index in [9.17, 15) is 9.59 Å². The fourth-order valence-electron chi connectivity index (χ4n) is 3.90. The van der Waals surface area contributed by atoms with Crippen LogP contribution in [0.15, 0.2) is 35.4 Å². The lowest BCUT2D eigenvalue weighted by Gasteiger charge is -2.31. The molecule has 1 N–H and O–H groups in total. The number of carbonyl (C=O) groups is 2. The van der Waals surface area contributed by atoms with Crippen molar-refractivity contribution in [1.29, 1.82) is 0 Å². The Morgan fingerprint density at radius 3 is 2.55 bits per heavy atom. The molecule has 2 fully saturated rings. The van der Waals surface area contributed by atoms with Crippen LogP contribution in [-0.2, 0) is 16.0 Å². The molecule has 0 radical (unpaired) electrons. The van der Waals surface area contributed by atoms with E-state index in [4.69, 9.17) is 0 Å². The van der Waals surface area contributed by atoms with E-state index >= 15 is 0 Å². The van der Waals surface area contributed by atoms with Gasteiger partial charge in [-0.2, -0.15) is 5.10 Å². The van der Waals surface area contributed by atoms with Crippen LogP contribution in [0.4, 0.5) is 0 Å². The minimum atomic E-state index is -0.333. The van der Waals surface area contributed by atoms with Gasteiger partial charge in [-0.3, -0.25) is 9.59 Å². The number of Topliss-reactive ketones (excluding diaryl/α,β-unsaturated/α-hetero) is 1. The molecule has 1 aromatic rings. The van der Waals surface area contributed by atoms with Gasteiger partial charge in [0.25, 0.3) is 0 Å². The molecule has 116 valence electrons. The Bertz CT molecular complexity index is 648. The number of fused-ring (bicyclic) bond motifs is 2. The zero-order valence-electron chi connectivity index (χ0n) is 13.3. The average molecular weight is 298 g/mol. The second-order valence-electron chi connectivity index (χ2n) is 7.17. The van der Waals surface area contributed by atoms with Crippen LogP contribution in [0.5, 0.6) is 0 Å². The molecule has 0 heterocycles.